The first-order valence-corrected chi connectivity index (χ1v) is 13.4. The zero-order chi connectivity index (χ0) is 25.3. The number of nitrogens with one attached hydrogen (secondary N) is 3. The maximum atomic E-state index is 4.67. The Hall–Kier alpha value is -4.59. The summed E-state index contributed by atoms with van der Waals surface area (Å²) < 4.78 is 0. The van der Waals surface area contributed by atoms with Crippen molar-refractivity contribution in [3.63, 3.8) is 0 Å². The van der Waals surface area contributed by atoms with Crippen LogP contribution < -0.4 is 5.32 Å². The van der Waals surface area contributed by atoms with Gasteiger partial charge in [0, 0.05) is 58.5 Å². The molecule has 0 spiro atoms. The molecule has 5 aromatic heterocycles. The van der Waals surface area contributed by atoms with Crippen LogP contribution in [0.25, 0.3) is 54.9 Å². The molecule has 3 N–H and O–H groups in total. The molecule has 0 fully saturated rings. The third-order valence-electron chi connectivity index (χ3n) is 6.77. The van der Waals surface area contributed by atoms with Crippen LogP contribution in [0.1, 0.15) is 11.1 Å². The summed E-state index contributed by atoms with van der Waals surface area (Å²) in [6.07, 6.45) is 5.70. The van der Waals surface area contributed by atoms with E-state index in [1.54, 1.807) is 11.3 Å². The molecule has 0 aliphatic rings. The average Bonchev–Trinajstić information content (AvgIpc) is 3.73. The Kier molecular flexibility index (Phi) is 5.77. The van der Waals surface area contributed by atoms with Crippen LogP contribution in [0.15, 0.2) is 103 Å². The lowest BCUT2D eigenvalue weighted by Crippen LogP contribution is -2.12. The molecule has 7 heteroatoms. The minimum atomic E-state index is 0.754. The molecule has 0 unspecified atom stereocenters. The molecule has 0 aliphatic carbocycles. The van der Waals surface area contributed by atoms with Crippen LogP contribution in [0.4, 0.5) is 0 Å². The number of thiophene rings is 1. The molecule has 0 amide bonds. The van der Waals surface area contributed by atoms with E-state index in [1.165, 1.54) is 16.0 Å². The Morgan fingerprint density at radius 1 is 0.789 bits per heavy atom. The normalized spacial score (nSPS) is 11.5. The second kappa shape index (κ2) is 9.70. The van der Waals surface area contributed by atoms with Gasteiger partial charge in [0.25, 0.3) is 0 Å². The zero-order valence-corrected chi connectivity index (χ0v) is 21.3. The predicted molar refractivity (Wildman–Crippen MR) is 155 cm³/mol. The number of aromatic nitrogens is 5. The highest BCUT2D eigenvalue weighted by Gasteiger charge is 2.15. The van der Waals surface area contributed by atoms with Crippen LogP contribution in [0.5, 0.6) is 0 Å². The smallest absolute Gasteiger partial charge is 0.138 e. The number of H-pyrrole nitrogens is 2. The third-order valence-corrected chi connectivity index (χ3v) is 7.67. The molecule has 0 aliphatic heterocycles. The number of hydrogen-bond acceptors (Lipinski definition) is 5. The van der Waals surface area contributed by atoms with Gasteiger partial charge in [-0.05, 0) is 58.5 Å². The van der Waals surface area contributed by atoms with Crippen molar-refractivity contribution < 1.29 is 0 Å². The van der Waals surface area contributed by atoms with Gasteiger partial charge in [0.2, 0.25) is 0 Å². The highest BCUT2D eigenvalue weighted by molar-refractivity contribution is 7.13. The van der Waals surface area contributed by atoms with Crippen LogP contribution in [0.2, 0.25) is 0 Å². The molecule has 0 radical (unpaired) electrons. The zero-order valence-electron chi connectivity index (χ0n) is 20.5. The van der Waals surface area contributed by atoms with E-state index in [0.29, 0.717) is 0 Å². The van der Waals surface area contributed by atoms with Gasteiger partial charge in [-0.1, -0.05) is 42.5 Å². The Morgan fingerprint density at radius 3 is 2.61 bits per heavy atom. The Balaban J connectivity index is 1.20. The van der Waals surface area contributed by atoms with Crippen LogP contribution in [0, 0.1) is 0 Å². The fourth-order valence-corrected chi connectivity index (χ4v) is 5.66. The maximum Gasteiger partial charge on any atom is 0.138 e. The van der Waals surface area contributed by atoms with Crippen molar-refractivity contribution in [1.29, 1.82) is 0 Å². The average molecular weight is 513 g/mol. The van der Waals surface area contributed by atoms with E-state index < -0.39 is 0 Å². The summed E-state index contributed by atoms with van der Waals surface area (Å²) in [5, 5.41) is 15.6. The summed E-state index contributed by atoms with van der Waals surface area (Å²) >= 11 is 1.73. The summed E-state index contributed by atoms with van der Waals surface area (Å²) in [5.41, 5.74) is 9.44. The van der Waals surface area contributed by atoms with E-state index in [4.69, 9.17) is 0 Å². The van der Waals surface area contributed by atoms with Gasteiger partial charge >= 0.3 is 0 Å². The lowest BCUT2D eigenvalue weighted by atomic mass is 10.0. The number of nitrogens with zero attached hydrogens (tertiary/aromatic N) is 3. The van der Waals surface area contributed by atoms with Crippen molar-refractivity contribution in [1.82, 2.24) is 30.5 Å². The van der Waals surface area contributed by atoms with Gasteiger partial charge in [0.05, 0.1) is 11.2 Å². The molecule has 38 heavy (non-hydrogen) atoms. The van der Waals surface area contributed by atoms with E-state index in [9.17, 15) is 0 Å². The van der Waals surface area contributed by atoms with Crippen molar-refractivity contribution in [3.8, 4) is 33.0 Å². The minimum Gasteiger partial charge on any atom is -0.338 e. The number of pyridine rings is 2. The topological polar surface area (TPSA) is 82.3 Å². The molecule has 5 heterocycles. The Labute approximate surface area is 223 Å². The van der Waals surface area contributed by atoms with Crippen LogP contribution >= 0.6 is 11.3 Å². The first-order valence-electron chi connectivity index (χ1n) is 12.5. The fraction of sp³-hybridized carbons (Fsp3) is 0.0645. The van der Waals surface area contributed by atoms with Crippen molar-refractivity contribution in [2.45, 2.75) is 13.1 Å². The van der Waals surface area contributed by atoms with Crippen LogP contribution in [-0.4, -0.2) is 25.1 Å². The fourth-order valence-electron chi connectivity index (χ4n) is 4.89. The van der Waals surface area contributed by atoms with E-state index in [1.807, 2.05) is 24.7 Å². The lowest BCUT2D eigenvalue weighted by molar-refractivity contribution is 0.691. The summed E-state index contributed by atoms with van der Waals surface area (Å²) in [7, 11) is 0. The molecule has 0 saturated carbocycles. The van der Waals surface area contributed by atoms with Gasteiger partial charge in [-0.2, -0.15) is 5.10 Å². The maximum absolute atomic E-state index is 4.67. The first-order chi connectivity index (χ1) is 18.8. The predicted octanol–water partition coefficient (Wildman–Crippen LogP) is 7.19. The van der Waals surface area contributed by atoms with Crippen LogP contribution in [0.3, 0.4) is 0 Å². The summed E-state index contributed by atoms with van der Waals surface area (Å²) in [5.74, 6) is 0. The van der Waals surface area contributed by atoms with E-state index in [2.05, 4.69) is 109 Å². The second-order valence-corrected chi connectivity index (χ2v) is 10.2. The molecule has 7 aromatic rings. The summed E-state index contributed by atoms with van der Waals surface area (Å²) in [6, 6.07) is 27.5. The quantitative estimate of drug-likeness (QED) is 0.211. The van der Waals surface area contributed by atoms with Gasteiger partial charge in [-0.25, -0.2) is 4.98 Å². The summed E-state index contributed by atoms with van der Waals surface area (Å²) in [4.78, 5) is 13.8. The van der Waals surface area contributed by atoms with Gasteiger partial charge in [0.1, 0.15) is 11.3 Å². The van der Waals surface area contributed by atoms with Gasteiger partial charge < -0.3 is 10.3 Å². The molecule has 0 saturated heterocycles. The number of rotatable bonds is 7. The van der Waals surface area contributed by atoms with Gasteiger partial charge in [-0.3, -0.25) is 10.1 Å². The molecule has 0 atom stereocenters. The highest BCUT2D eigenvalue weighted by Crippen LogP contribution is 2.35. The van der Waals surface area contributed by atoms with Crippen molar-refractivity contribution in [2.24, 2.45) is 0 Å². The van der Waals surface area contributed by atoms with Crippen molar-refractivity contribution >= 4 is 33.3 Å². The van der Waals surface area contributed by atoms with E-state index >= 15 is 0 Å². The highest BCUT2D eigenvalue weighted by atomic mass is 32.1. The largest absolute Gasteiger partial charge is 0.338 e. The minimum absolute atomic E-state index is 0.754. The third kappa shape index (κ3) is 4.28. The molecule has 7 rings (SSSR count). The molecule has 2 aromatic carbocycles. The lowest BCUT2D eigenvalue weighted by Gasteiger charge is -2.08. The SMILES string of the molecule is c1ccc(CNCc2cncc(-c3ccc4[nH]nc(-c5cc6c(-c7cccs7)ccnc6[nH]5)c4c3)c2)cc1. The number of aromatic amines is 2. The molecule has 184 valence electrons. The Bertz CT molecular complexity index is 1850. The van der Waals surface area contributed by atoms with Crippen LogP contribution in [-0.2, 0) is 13.1 Å². The molecular formula is C31H24N6S. The van der Waals surface area contributed by atoms with Crippen molar-refractivity contribution in [2.75, 3.05) is 0 Å². The van der Waals surface area contributed by atoms with Crippen molar-refractivity contribution in [3.05, 3.63) is 114 Å². The Morgan fingerprint density at radius 2 is 1.71 bits per heavy atom. The molecule has 0 bridgehead atoms. The van der Waals surface area contributed by atoms with Gasteiger partial charge in [0.15, 0.2) is 0 Å². The molecule has 6 nitrogen and oxygen atoms in total. The monoisotopic (exact) mass is 512 g/mol. The summed E-state index contributed by atoms with van der Waals surface area (Å²) in [6.45, 7) is 1.58. The standard InChI is InChI=1S/C31H24N6S/c1-2-5-20(6-3-1)16-32-17-21-13-23(19-33-18-21)22-8-9-27-26(14-22)30(37-36-27)28-15-25-24(29-7-4-12-38-29)10-11-34-31(25)35-28/h1-15,18-19,32H,16-17H2,(H,34,35)(H,36,37). The van der Waals surface area contributed by atoms with Gasteiger partial charge in [-0.15, -0.1) is 11.3 Å². The first kappa shape index (κ1) is 22.6. The van der Waals surface area contributed by atoms with E-state index in [0.717, 1.165) is 63.1 Å². The molecular weight excluding hydrogens is 488 g/mol. The number of hydrogen-bond donors (Lipinski definition) is 3. The van der Waals surface area contributed by atoms with E-state index in [-0.39, 0.29) is 0 Å². The number of benzene rings is 2. The second-order valence-electron chi connectivity index (χ2n) is 9.28. The number of fused-ring (bicyclic) bond motifs is 2.